The average Bonchev–Trinajstić information content (AvgIpc) is 2.57. The molecule has 0 aliphatic rings. The van der Waals surface area contributed by atoms with E-state index in [2.05, 4.69) is 15.3 Å². The second-order valence-corrected chi connectivity index (χ2v) is 3.83. The summed E-state index contributed by atoms with van der Waals surface area (Å²) in [5.41, 5.74) is 7.98. The monoisotopic (exact) mass is 290 g/mol. The number of nitrogens with zero attached hydrogens (tertiary/aromatic N) is 1. The van der Waals surface area contributed by atoms with Crippen molar-refractivity contribution in [2.24, 2.45) is 5.73 Å². The molecule has 2 aromatic rings. The zero-order valence-corrected chi connectivity index (χ0v) is 11.7. The number of carbonyl (C=O) groups is 1. The number of aromatic nitrogens is 2. The summed E-state index contributed by atoms with van der Waals surface area (Å²) in [5, 5.41) is 2.73. The van der Waals surface area contributed by atoms with Gasteiger partial charge in [0.2, 0.25) is 5.91 Å². The van der Waals surface area contributed by atoms with Crippen molar-refractivity contribution in [1.82, 2.24) is 9.97 Å². The number of benzene rings is 1. The Hall–Kier alpha value is -1.30. The SMILES string of the molecule is Cc1nc2ccc(NC(=O)C(C)N)cc2[nH]1.Cl.Cl. The molecule has 1 aromatic carbocycles. The minimum atomic E-state index is -0.515. The Morgan fingerprint density at radius 1 is 1.44 bits per heavy atom. The summed E-state index contributed by atoms with van der Waals surface area (Å²) in [7, 11) is 0. The quantitative estimate of drug-likeness (QED) is 0.791. The van der Waals surface area contributed by atoms with Gasteiger partial charge in [-0.2, -0.15) is 0 Å². The molecule has 2 rings (SSSR count). The Labute approximate surface area is 117 Å². The minimum Gasteiger partial charge on any atom is -0.342 e. The molecule has 0 saturated heterocycles. The number of hydrogen-bond acceptors (Lipinski definition) is 3. The summed E-state index contributed by atoms with van der Waals surface area (Å²) in [6.45, 7) is 3.54. The summed E-state index contributed by atoms with van der Waals surface area (Å²) in [6, 6.07) is 4.99. The van der Waals surface area contributed by atoms with Crippen molar-refractivity contribution >= 4 is 47.4 Å². The van der Waals surface area contributed by atoms with Crippen molar-refractivity contribution in [3.63, 3.8) is 0 Å². The third-order valence-corrected chi connectivity index (χ3v) is 2.28. The van der Waals surface area contributed by atoms with Crippen LogP contribution < -0.4 is 11.1 Å². The van der Waals surface area contributed by atoms with E-state index in [1.54, 1.807) is 6.92 Å². The maximum absolute atomic E-state index is 11.4. The Balaban J connectivity index is 0.00000144. The number of carbonyl (C=O) groups excluding carboxylic acids is 1. The van der Waals surface area contributed by atoms with Gasteiger partial charge in [-0.1, -0.05) is 0 Å². The first kappa shape index (κ1) is 16.7. The van der Waals surface area contributed by atoms with Gasteiger partial charge in [-0.25, -0.2) is 4.98 Å². The smallest absolute Gasteiger partial charge is 0.240 e. The molecule has 0 fully saturated rings. The van der Waals surface area contributed by atoms with Crippen LogP contribution >= 0.6 is 24.8 Å². The zero-order chi connectivity index (χ0) is 11.7. The Morgan fingerprint density at radius 2 is 2.11 bits per heavy atom. The number of nitrogens with one attached hydrogen (secondary N) is 2. The summed E-state index contributed by atoms with van der Waals surface area (Å²) in [6.07, 6.45) is 0. The fraction of sp³-hybridized carbons (Fsp3) is 0.273. The highest BCUT2D eigenvalue weighted by atomic mass is 35.5. The first-order chi connectivity index (χ1) is 7.56. The lowest BCUT2D eigenvalue weighted by atomic mass is 10.2. The highest BCUT2D eigenvalue weighted by Crippen LogP contribution is 2.16. The van der Waals surface area contributed by atoms with Crippen LogP contribution in [0, 0.1) is 6.92 Å². The molecule has 0 spiro atoms. The van der Waals surface area contributed by atoms with E-state index in [0.717, 1.165) is 22.5 Å². The number of amides is 1. The van der Waals surface area contributed by atoms with Gasteiger partial charge in [0.15, 0.2) is 0 Å². The van der Waals surface area contributed by atoms with Crippen LogP contribution in [-0.4, -0.2) is 21.9 Å². The van der Waals surface area contributed by atoms with Crippen LogP contribution in [0.4, 0.5) is 5.69 Å². The van der Waals surface area contributed by atoms with Crippen LogP contribution in [-0.2, 0) is 4.79 Å². The number of fused-ring (bicyclic) bond motifs is 1. The summed E-state index contributed by atoms with van der Waals surface area (Å²) < 4.78 is 0. The van der Waals surface area contributed by atoms with Crippen LogP contribution in [0.1, 0.15) is 12.7 Å². The van der Waals surface area contributed by atoms with Gasteiger partial charge in [-0.05, 0) is 32.0 Å². The van der Waals surface area contributed by atoms with Crippen molar-refractivity contribution in [3.05, 3.63) is 24.0 Å². The molecular weight excluding hydrogens is 275 g/mol. The maximum Gasteiger partial charge on any atom is 0.240 e. The van der Waals surface area contributed by atoms with Crippen LogP contribution in [0.5, 0.6) is 0 Å². The molecule has 0 radical (unpaired) electrons. The van der Waals surface area contributed by atoms with Crippen molar-refractivity contribution in [2.75, 3.05) is 5.32 Å². The Kier molecular flexibility index (Phi) is 6.11. The molecule has 18 heavy (non-hydrogen) atoms. The molecule has 1 atom stereocenters. The third kappa shape index (κ3) is 3.60. The van der Waals surface area contributed by atoms with Gasteiger partial charge in [0.25, 0.3) is 0 Å². The Bertz CT molecular complexity index is 539. The van der Waals surface area contributed by atoms with Gasteiger partial charge in [-0.15, -0.1) is 24.8 Å². The summed E-state index contributed by atoms with van der Waals surface area (Å²) >= 11 is 0. The molecule has 5 nitrogen and oxygen atoms in total. The Morgan fingerprint density at radius 3 is 2.72 bits per heavy atom. The first-order valence-corrected chi connectivity index (χ1v) is 5.09. The van der Waals surface area contributed by atoms with Crippen molar-refractivity contribution < 1.29 is 4.79 Å². The second kappa shape index (κ2) is 6.58. The van der Waals surface area contributed by atoms with E-state index < -0.39 is 6.04 Å². The number of rotatable bonds is 2. The van der Waals surface area contributed by atoms with E-state index >= 15 is 0 Å². The highest BCUT2D eigenvalue weighted by molar-refractivity contribution is 5.96. The van der Waals surface area contributed by atoms with Crippen LogP contribution in [0.25, 0.3) is 11.0 Å². The van der Waals surface area contributed by atoms with Gasteiger partial charge in [0, 0.05) is 5.69 Å². The molecule has 1 heterocycles. The minimum absolute atomic E-state index is 0. The molecule has 100 valence electrons. The van der Waals surface area contributed by atoms with Gasteiger partial charge in [-0.3, -0.25) is 4.79 Å². The predicted octanol–water partition coefficient (Wildman–Crippen LogP) is 2.00. The molecule has 0 aliphatic heterocycles. The number of anilines is 1. The first-order valence-electron chi connectivity index (χ1n) is 5.09. The average molecular weight is 291 g/mol. The topological polar surface area (TPSA) is 83.8 Å². The van der Waals surface area contributed by atoms with E-state index in [4.69, 9.17) is 5.73 Å². The fourth-order valence-corrected chi connectivity index (χ4v) is 1.47. The van der Waals surface area contributed by atoms with Gasteiger partial charge >= 0.3 is 0 Å². The van der Waals surface area contributed by atoms with Crippen LogP contribution in [0.15, 0.2) is 18.2 Å². The third-order valence-electron chi connectivity index (χ3n) is 2.28. The molecular formula is C11H16Cl2N4O. The van der Waals surface area contributed by atoms with Gasteiger partial charge in [0.1, 0.15) is 5.82 Å². The summed E-state index contributed by atoms with van der Waals surface area (Å²) in [4.78, 5) is 18.8. The summed E-state index contributed by atoms with van der Waals surface area (Å²) in [5.74, 6) is 0.654. The number of halogens is 2. The normalized spacial score (nSPS) is 11.3. The fourth-order valence-electron chi connectivity index (χ4n) is 1.47. The maximum atomic E-state index is 11.4. The largest absolute Gasteiger partial charge is 0.342 e. The molecule has 1 unspecified atom stereocenters. The van der Waals surface area contributed by atoms with Gasteiger partial charge in [0.05, 0.1) is 17.1 Å². The van der Waals surface area contributed by atoms with Crippen molar-refractivity contribution in [1.29, 1.82) is 0 Å². The van der Waals surface area contributed by atoms with Crippen molar-refractivity contribution in [3.8, 4) is 0 Å². The zero-order valence-electron chi connectivity index (χ0n) is 10.1. The molecule has 0 saturated carbocycles. The molecule has 0 aliphatic carbocycles. The second-order valence-electron chi connectivity index (χ2n) is 3.83. The van der Waals surface area contributed by atoms with Crippen LogP contribution in [0.2, 0.25) is 0 Å². The lowest BCUT2D eigenvalue weighted by Crippen LogP contribution is -2.32. The number of H-pyrrole nitrogens is 1. The number of aryl methyl sites for hydroxylation is 1. The van der Waals surface area contributed by atoms with E-state index in [1.807, 2.05) is 25.1 Å². The number of nitrogens with two attached hydrogens (primary N) is 1. The lowest BCUT2D eigenvalue weighted by molar-refractivity contribution is -0.117. The molecule has 0 bridgehead atoms. The van der Waals surface area contributed by atoms with Crippen LogP contribution in [0.3, 0.4) is 0 Å². The van der Waals surface area contributed by atoms with Crippen molar-refractivity contribution in [2.45, 2.75) is 19.9 Å². The lowest BCUT2D eigenvalue weighted by Gasteiger charge is -2.07. The van der Waals surface area contributed by atoms with E-state index in [-0.39, 0.29) is 30.7 Å². The van der Waals surface area contributed by atoms with E-state index in [0.29, 0.717) is 0 Å². The molecule has 1 amide bonds. The number of imidazole rings is 1. The van der Waals surface area contributed by atoms with E-state index in [1.165, 1.54) is 0 Å². The van der Waals surface area contributed by atoms with E-state index in [9.17, 15) is 4.79 Å². The molecule has 4 N–H and O–H groups in total. The highest BCUT2D eigenvalue weighted by Gasteiger charge is 2.08. The standard InChI is InChI=1S/C11H14N4O.2ClH/c1-6(12)11(16)15-8-3-4-9-10(5-8)14-7(2)13-9;;/h3-6H,12H2,1-2H3,(H,13,14)(H,15,16);2*1H. The number of aromatic amines is 1. The molecule has 1 aromatic heterocycles. The number of hydrogen-bond donors (Lipinski definition) is 3. The van der Waals surface area contributed by atoms with Gasteiger partial charge < -0.3 is 16.0 Å². The molecule has 7 heteroatoms. The predicted molar refractivity (Wildman–Crippen MR) is 77.6 cm³/mol.